The van der Waals surface area contributed by atoms with E-state index in [9.17, 15) is 18.0 Å². The zero-order chi connectivity index (χ0) is 23.2. The van der Waals surface area contributed by atoms with Gasteiger partial charge in [-0.3, -0.25) is 9.69 Å². The number of nitrogens with zero attached hydrogens (tertiary/aromatic N) is 2. The molecule has 0 saturated carbocycles. The number of nitrogens with one attached hydrogen (secondary N) is 1. The molecule has 1 atom stereocenters. The molecule has 33 heavy (non-hydrogen) atoms. The normalized spacial score (nSPS) is 23.1. The second kappa shape index (κ2) is 7.95. The molecule has 10 heteroatoms. The minimum Gasteiger partial charge on any atom is -0.404 e. The van der Waals surface area contributed by atoms with Crippen molar-refractivity contribution in [1.29, 1.82) is 0 Å². The summed E-state index contributed by atoms with van der Waals surface area (Å²) in [5.41, 5.74) is 8.10. The van der Waals surface area contributed by atoms with Crippen LogP contribution in [0.5, 0.6) is 5.75 Å². The fourth-order valence-corrected chi connectivity index (χ4v) is 4.91. The Bertz CT molecular complexity index is 1110. The van der Waals surface area contributed by atoms with Crippen LogP contribution in [0.25, 0.3) is 0 Å². The predicted octanol–water partition coefficient (Wildman–Crippen LogP) is 3.81. The Morgan fingerprint density at radius 1 is 1.09 bits per heavy atom. The number of para-hydroxylation sites is 2. The first-order valence-electron chi connectivity index (χ1n) is 10.8. The Labute approximate surface area is 188 Å². The molecule has 3 N–H and O–H groups in total. The van der Waals surface area contributed by atoms with Gasteiger partial charge in [0.1, 0.15) is 5.54 Å². The quantitative estimate of drug-likeness (QED) is 0.725. The Morgan fingerprint density at radius 2 is 1.82 bits per heavy atom. The van der Waals surface area contributed by atoms with Crippen molar-refractivity contribution in [2.24, 2.45) is 10.7 Å². The predicted molar refractivity (Wildman–Crippen MR) is 115 cm³/mol. The number of rotatable bonds is 4. The van der Waals surface area contributed by atoms with E-state index in [1.165, 1.54) is 18.2 Å². The lowest BCUT2D eigenvalue weighted by Gasteiger charge is -2.47. The van der Waals surface area contributed by atoms with Crippen molar-refractivity contribution in [3.8, 4) is 5.75 Å². The summed E-state index contributed by atoms with van der Waals surface area (Å²) in [6.07, 6.45) is -2.69. The lowest BCUT2D eigenvalue weighted by atomic mass is 9.67. The number of alkyl halides is 3. The molecule has 2 aromatic carbocycles. The molecule has 1 fully saturated rings. The Hall–Kier alpha value is -3.27. The van der Waals surface area contributed by atoms with Gasteiger partial charge in [0, 0.05) is 31.4 Å². The van der Waals surface area contributed by atoms with Crippen molar-refractivity contribution in [2.75, 3.05) is 18.5 Å². The third kappa shape index (κ3) is 3.99. The molecule has 5 rings (SSSR count). The van der Waals surface area contributed by atoms with Gasteiger partial charge in [0.2, 0.25) is 5.91 Å². The van der Waals surface area contributed by atoms with Crippen LogP contribution in [0.15, 0.2) is 47.5 Å². The number of ether oxygens (including phenoxy) is 2. The fourth-order valence-electron chi connectivity index (χ4n) is 4.91. The van der Waals surface area contributed by atoms with E-state index in [1.54, 1.807) is 23.1 Å². The topological polar surface area (TPSA) is 89.2 Å². The molecule has 2 heterocycles. The summed E-state index contributed by atoms with van der Waals surface area (Å²) in [6.45, 7) is 1.18. The zero-order valence-electron chi connectivity index (χ0n) is 17.7. The first-order valence-corrected chi connectivity index (χ1v) is 10.8. The number of amides is 1. The van der Waals surface area contributed by atoms with E-state index in [2.05, 4.69) is 10.1 Å². The highest BCUT2D eigenvalue weighted by Crippen LogP contribution is 2.50. The molecule has 1 aliphatic carbocycles. The summed E-state index contributed by atoms with van der Waals surface area (Å²) < 4.78 is 47.8. The van der Waals surface area contributed by atoms with Crippen LogP contribution in [-0.4, -0.2) is 42.4 Å². The molecule has 0 radical (unpaired) electrons. The lowest BCUT2D eigenvalue weighted by Crippen LogP contribution is -2.58. The zero-order valence-corrected chi connectivity index (χ0v) is 17.7. The van der Waals surface area contributed by atoms with Crippen molar-refractivity contribution in [3.63, 3.8) is 0 Å². The maximum Gasteiger partial charge on any atom is 0.573 e. The second-order valence-electron chi connectivity index (χ2n) is 8.46. The van der Waals surface area contributed by atoms with Gasteiger partial charge in [0.25, 0.3) is 0 Å². The number of nitrogens with two attached hydrogens (primary N) is 1. The standard InChI is InChI=1S/C23H23F3N4O3/c24-23(25,26)33-19-7-2-1-5-18(19)28-17-6-3-4-16-15(17)12-22(16)13-20(31)30(21(27)29-22)14-8-10-32-11-9-14/h1-7,14,28H,8-13H2,(H2,27,29)/t22-/m0/s1. The molecule has 0 bridgehead atoms. The highest BCUT2D eigenvalue weighted by molar-refractivity contribution is 6.00. The molecule has 174 valence electrons. The van der Waals surface area contributed by atoms with Gasteiger partial charge in [-0.1, -0.05) is 24.3 Å². The molecule has 2 aromatic rings. The van der Waals surface area contributed by atoms with Crippen molar-refractivity contribution in [1.82, 2.24) is 4.90 Å². The van der Waals surface area contributed by atoms with Crippen LogP contribution in [0.3, 0.4) is 0 Å². The summed E-state index contributed by atoms with van der Waals surface area (Å²) >= 11 is 0. The van der Waals surface area contributed by atoms with Gasteiger partial charge in [-0.15, -0.1) is 13.2 Å². The number of halogens is 3. The van der Waals surface area contributed by atoms with E-state index < -0.39 is 11.9 Å². The summed E-state index contributed by atoms with van der Waals surface area (Å²) in [5, 5.41) is 3.05. The minimum atomic E-state index is -4.80. The molecule has 1 spiro atoms. The number of aliphatic imine (C=N–C) groups is 1. The summed E-state index contributed by atoms with van der Waals surface area (Å²) in [5.74, 6) is -0.174. The maximum absolute atomic E-state index is 13.1. The molecule has 0 aromatic heterocycles. The number of benzene rings is 2. The number of fused-ring (bicyclic) bond motifs is 2. The molecular weight excluding hydrogens is 437 g/mol. The third-order valence-electron chi connectivity index (χ3n) is 6.37. The van der Waals surface area contributed by atoms with Crippen LogP contribution in [0.4, 0.5) is 24.5 Å². The van der Waals surface area contributed by atoms with Gasteiger partial charge in [-0.05, 0) is 42.2 Å². The number of carbonyl (C=O) groups excluding carboxylic acids is 1. The monoisotopic (exact) mass is 460 g/mol. The van der Waals surface area contributed by atoms with E-state index in [-0.39, 0.29) is 35.8 Å². The van der Waals surface area contributed by atoms with Gasteiger partial charge in [-0.2, -0.15) is 0 Å². The van der Waals surface area contributed by atoms with Gasteiger partial charge in [-0.25, -0.2) is 4.99 Å². The maximum atomic E-state index is 13.1. The highest BCUT2D eigenvalue weighted by atomic mass is 19.4. The molecular formula is C23H23F3N4O3. The molecule has 3 aliphatic rings. The fraction of sp³-hybridized carbons (Fsp3) is 0.391. The molecule has 1 amide bonds. The van der Waals surface area contributed by atoms with Crippen LogP contribution in [0.2, 0.25) is 0 Å². The number of carbonyl (C=O) groups is 1. The van der Waals surface area contributed by atoms with Crippen LogP contribution in [-0.2, 0) is 21.5 Å². The van der Waals surface area contributed by atoms with Gasteiger partial charge in [0.15, 0.2) is 11.7 Å². The minimum absolute atomic E-state index is 0.00923. The van der Waals surface area contributed by atoms with Crippen molar-refractivity contribution in [3.05, 3.63) is 53.6 Å². The summed E-state index contributed by atoms with van der Waals surface area (Å²) in [4.78, 5) is 19.4. The van der Waals surface area contributed by atoms with E-state index in [1.807, 2.05) is 6.07 Å². The van der Waals surface area contributed by atoms with Crippen LogP contribution >= 0.6 is 0 Å². The van der Waals surface area contributed by atoms with Crippen LogP contribution < -0.4 is 15.8 Å². The molecule has 2 aliphatic heterocycles. The number of hydrogen-bond donors (Lipinski definition) is 2. The Kier molecular flexibility index (Phi) is 5.19. The molecule has 7 nitrogen and oxygen atoms in total. The van der Waals surface area contributed by atoms with E-state index in [0.29, 0.717) is 25.3 Å². The number of anilines is 2. The SMILES string of the molecule is NC1=N[C@]2(CC(=O)N1C1CCOCC1)Cc1c(Nc3ccccc3OC(F)(F)F)cccc12. The summed E-state index contributed by atoms with van der Waals surface area (Å²) in [7, 11) is 0. The van der Waals surface area contributed by atoms with E-state index >= 15 is 0 Å². The van der Waals surface area contributed by atoms with Gasteiger partial charge in [0.05, 0.1) is 12.1 Å². The number of guanidine groups is 1. The first-order chi connectivity index (χ1) is 15.8. The highest BCUT2D eigenvalue weighted by Gasteiger charge is 2.50. The van der Waals surface area contributed by atoms with Gasteiger partial charge >= 0.3 is 6.36 Å². The van der Waals surface area contributed by atoms with Crippen LogP contribution in [0, 0.1) is 0 Å². The lowest BCUT2D eigenvalue weighted by molar-refractivity contribution is -0.274. The first kappa shape index (κ1) is 21.6. The number of hydrogen-bond acceptors (Lipinski definition) is 6. The van der Waals surface area contributed by atoms with Crippen molar-refractivity contribution >= 4 is 23.2 Å². The molecule has 1 saturated heterocycles. The van der Waals surface area contributed by atoms with Crippen LogP contribution in [0.1, 0.15) is 30.4 Å². The second-order valence-corrected chi connectivity index (χ2v) is 8.46. The van der Waals surface area contributed by atoms with Crippen molar-refractivity contribution < 1.29 is 27.4 Å². The smallest absolute Gasteiger partial charge is 0.404 e. The third-order valence-corrected chi connectivity index (χ3v) is 6.37. The summed E-state index contributed by atoms with van der Waals surface area (Å²) in [6, 6.07) is 11.3. The van der Waals surface area contributed by atoms with Gasteiger partial charge < -0.3 is 20.5 Å². The Morgan fingerprint density at radius 3 is 2.55 bits per heavy atom. The molecule has 0 unspecified atom stereocenters. The van der Waals surface area contributed by atoms with E-state index in [0.717, 1.165) is 24.0 Å². The average molecular weight is 460 g/mol. The average Bonchev–Trinajstić information content (AvgIpc) is 2.75. The van der Waals surface area contributed by atoms with E-state index in [4.69, 9.17) is 15.5 Å². The largest absolute Gasteiger partial charge is 0.573 e. The Balaban J connectivity index is 1.41. The van der Waals surface area contributed by atoms with Crippen molar-refractivity contribution in [2.45, 2.75) is 43.6 Å².